The first kappa shape index (κ1) is 19.7. The molecule has 2 heterocycles. The van der Waals surface area contributed by atoms with Crippen LogP contribution in [0.3, 0.4) is 0 Å². The summed E-state index contributed by atoms with van der Waals surface area (Å²) in [6.07, 6.45) is 0. The minimum atomic E-state index is 0.291. The fraction of sp³-hybridized carbons (Fsp3) is 0.222. The molecule has 1 aliphatic rings. The van der Waals surface area contributed by atoms with Gasteiger partial charge in [0.1, 0.15) is 5.69 Å². The van der Waals surface area contributed by atoms with Gasteiger partial charge in [-0.25, -0.2) is 0 Å². The largest absolute Gasteiger partial charge is 0.359 e. The molecular formula is C27H27N3O. The molecule has 3 aromatic carbocycles. The maximum atomic E-state index is 5.63. The molecule has 31 heavy (non-hydrogen) atoms. The number of piperazine rings is 1. The molecule has 0 atom stereocenters. The van der Waals surface area contributed by atoms with Crippen LogP contribution in [0.5, 0.6) is 0 Å². The van der Waals surface area contributed by atoms with Crippen molar-refractivity contribution < 1.29 is 4.52 Å². The number of hydrogen-bond donors (Lipinski definition) is 0. The van der Waals surface area contributed by atoms with Crippen LogP contribution in [0.2, 0.25) is 0 Å². The van der Waals surface area contributed by atoms with Crippen LogP contribution in [-0.4, -0.2) is 41.1 Å². The van der Waals surface area contributed by atoms with Gasteiger partial charge in [-0.2, -0.15) is 0 Å². The maximum absolute atomic E-state index is 5.63. The lowest BCUT2D eigenvalue weighted by Crippen LogP contribution is -2.47. The van der Waals surface area contributed by atoms with Gasteiger partial charge in [0.25, 0.3) is 0 Å². The van der Waals surface area contributed by atoms with E-state index in [1.165, 1.54) is 11.1 Å². The van der Waals surface area contributed by atoms with Crippen LogP contribution in [0.25, 0.3) is 11.3 Å². The summed E-state index contributed by atoms with van der Waals surface area (Å²) >= 11 is 0. The Kier molecular flexibility index (Phi) is 5.92. The van der Waals surface area contributed by atoms with Gasteiger partial charge in [0.2, 0.25) is 0 Å². The van der Waals surface area contributed by atoms with E-state index in [1.807, 2.05) is 18.2 Å². The average molecular weight is 410 g/mol. The Morgan fingerprint density at radius 2 is 1.26 bits per heavy atom. The molecule has 1 fully saturated rings. The summed E-state index contributed by atoms with van der Waals surface area (Å²) in [7, 11) is 0. The molecule has 1 aliphatic heterocycles. The topological polar surface area (TPSA) is 32.5 Å². The van der Waals surface area contributed by atoms with E-state index in [2.05, 4.69) is 93.8 Å². The normalized spacial score (nSPS) is 15.4. The number of nitrogens with zero attached hydrogens (tertiary/aromatic N) is 3. The lowest BCUT2D eigenvalue weighted by atomic mass is 9.96. The molecule has 1 saturated heterocycles. The van der Waals surface area contributed by atoms with Crippen molar-refractivity contribution in [3.05, 3.63) is 114 Å². The number of hydrogen-bond acceptors (Lipinski definition) is 4. The third-order valence-electron chi connectivity index (χ3n) is 6.01. The van der Waals surface area contributed by atoms with Crippen LogP contribution in [-0.2, 0) is 6.54 Å². The van der Waals surface area contributed by atoms with Crippen LogP contribution >= 0.6 is 0 Å². The van der Waals surface area contributed by atoms with E-state index in [0.29, 0.717) is 6.04 Å². The van der Waals surface area contributed by atoms with E-state index in [0.717, 1.165) is 49.7 Å². The van der Waals surface area contributed by atoms with E-state index in [1.54, 1.807) is 0 Å². The molecule has 0 aliphatic carbocycles. The minimum absolute atomic E-state index is 0.291. The molecule has 4 aromatic rings. The molecule has 0 saturated carbocycles. The van der Waals surface area contributed by atoms with Gasteiger partial charge in [-0.05, 0) is 11.1 Å². The van der Waals surface area contributed by atoms with E-state index < -0.39 is 0 Å². The van der Waals surface area contributed by atoms with E-state index in [-0.39, 0.29) is 0 Å². The van der Waals surface area contributed by atoms with E-state index >= 15 is 0 Å². The van der Waals surface area contributed by atoms with Crippen molar-refractivity contribution in [1.82, 2.24) is 15.0 Å². The zero-order valence-corrected chi connectivity index (χ0v) is 17.6. The summed E-state index contributed by atoms with van der Waals surface area (Å²) in [4.78, 5) is 5.05. The van der Waals surface area contributed by atoms with Gasteiger partial charge in [-0.1, -0.05) is 96.2 Å². The molecule has 4 heteroatoms. The summed E-state index contributed by atoms with van der Waals surface area (Å²) in [5, 5.41) is 4.26. The van der Waals surface area contributed by atoms with Crippen molar-refractivity contribution in [2.75, 3.05) is 26.2 Å². The zero-order valence-electron chi connectivity index (χ0n) is 17.6. The first-order valence-electron chi connectivity index (χ1n) is 10.9. The quantitative estimate of drug-likeness (QED) is 0.435. The van der Waals surface area contributed by atoms with Crippen LogP contribution < -0.4 is 0 Å². The van der Waals surface area contributed by atoms with Gasteiger partial charge in [0.15, 0.2) is 5.76 Å². The predicted octanol–water partition coefficient (Wildman–Crippen LogP) is 5.25. The second-order valence-electron chi connectivity index (χ2n) is 8.08. The van der Waals surface area contributed by atoms with Gasteiger partial charge in [0.05, 0.1) is 12.6 Å². The molecule has 4 nitrogen and oxygen atoms in total. The molecule has 0 unspecified atom stereocenters. The molecule has 0 amide bonds. The maximum Gasteiger partial charge on any atom is 0.151 e. The molecule has 0 bridgehead atoms. The molecule has 1 aromatic heterocycles. The molecule has 5 rings (SSSR count). The van der Waals surface area contributed by atoms with Crippen LogP contribution in [0.15, 0.2) is 102 Å². The Morgan fingerprint density at radius 1 is 0.710 bits per heavy atom. The SMILES string of the molecule is c1ccc(-c2cc(CN3CCN(C(c4ccccc4)c4ccccc4)CC3)on2)cc1. The standard InChI is InChI=1S/C27H27N3O/c1-4-10-22(11-5-1)26-20-25(31-28-26)21-29-16-18-30(19-17-29)27(23-12-6-2-7-13-23)24-14-8-3-9-15-24/h1-15,20,27H,16-19,21H2. The van der Waals surface area contributed by atoms with Gasteiger partial charge in [0, 0.05) is 37.8 Å². The Hall–Kier alpha value is -3.21. The smallest absolute Gasteiger partial charge is 0.151 e. The third kappa shape index (κ3) is 4.61. The molecular weight excluding hydrogens is 382 g/mol. The van der Waals surface area contributed by atoms with Crippen molar-refractivity contribution in [3.63, 3.8) is 0 Å². The molecule has 0 spiro atoms. The molecule has 0 N–H and O–H groups in total. The van der Waals surface area contributed by atoms with Crippen molar-refractivity contribution in [2.24, 2.45) is 0 Å². The average Bonchev–Trinajstić information content (AvgIpc) is 3.31. The molecule has 0 radical (unpaired) electrons. The number of benzene rings is 3. The summed E-state index contributed by atoms with van der Waals surface area (Å²) in [6.45, 7) is 4.87. The fourth-order valence-corrected chi connectivity index (χ4v) is 4.42. The summed E-state index contributed by atoms with van der Waals surface area (Å²) in [6, 6.07) is 34.2. The highest BCUT2D eigenvalue weighted by atomic mass is 16.5. The van der Waals surface area contributed by atoms with Crippen molar-refractivity contribution >= 4 is 0 Å². The summed E-state index contributed by atoms with van der Waals surface area (Å²) in [5.74, 6) is 0.926. The summed E-state index contributed by atoms with van der Waals surface area (Å²) in [5.41, 5.74) is 4.70. The Labute approximate surface area is 183 Å². The van der Waals surface area contributed by atoms with Crippen LogP contribution in [0, 0.1) is 0 Å². The van der Waals surface area contributed by atoms with Gasteiger partial charge >= 0.3 is 0 Å². The highest BCUT2D eigenvalue weighted by Crippen LogP contribution is 2.29. The van der Waals surface area contributed by atoms with Crippen LogP contribution in [0.1, 0.15) is 22.9 Å². The minimum Gasteiger partial charge on any atom is -0.359 e. The predicted molar refractivity (Wildman–Crippen MR) is 124 cm³/mol. The second-order valence-corrected chi connectivity index (χ2v) is 8.08. The highest BCUT2D eigenvalue weighted by molar-refractivity contribution is 5.58. The summed E-state index contributed by atoms with van der Waals surface area (Å²) < 4.78 is 5.63. The van der Waals surface area contributed by atoms with Crippen molar-refractivity contribution in [2.45, 2.75) is 12.6 Å². The van der Waals surface area contributed by atoms with Crippen molar-refractivity contribution in [3.8, 4) is 11.3 Å². The van der Waals surface area contributed by atoms with Gasteiger partial charge < -0.3 is 4.52 Å². The Bertz CT molecular complexity index is 1030. The zero-order chi connectivity index (χ0) is 20.9. The highest BCUT2D eigenvalue weighted by Gasteiger charge is 2.26. The number of rotatable bonds is 6. The Morgan fingerprint density at radius 3 is 1.84 bits per heavy atom. The second kappa shape index (κ2) is 9.29. The van der Waals surface area contributed by atoms with Gasteiger partial charge in [-0.3, -0.25) is 9.80 Å². The lowest BCUT2D eigenvalue weighted by molar-refractivity contribution is 0.0980. The van der Waals surface area contributed by atoms with E-state index in [4.69, 9.17) is 4.52 Å². The first-order chi connectivity index (χ1) is 15.4. The third-order valence-corrected chi connectivity index (χ3v) is 6.01. The van der Waals surface area contributed by atoms with Crippen LogP contribution in [0.4, 0.5) is 0 Å². The monoisotopic (exact) mass is 409 g/mol. The Balaban J connectivity index is 1.26. The molecule has 156 valence electrons. The number of aromatic nitrogens is 1. The van der Waals surface area contributed by atoms with Gasteiger partial charge in [-0.15, -0.1) is 0 Å². The van der Waals surface area contributed by atoms with Crippen molar-refractivity contribution in [1.29, 1.82) is 0 Å². The van der Waals surface area contributed by atoms with E-state index in [9.17, 15) is 0 Å². The first-order valence-corrected chi connectivity index (χ1v) is 10.9. The fourth-order valence-electron chi connectivity index (χ4n) is 4.42. The lowest BCUT2D eigenvalue weighted by Gasteiger charge is -2.39.